The van der Waals surface area contributed by atoms with Gasteiger partial charge in [0.2, 0.25) is 5.91 Å². The monoisotopic (exact) mass is 426 g/mol. The number of carbonyl (C=O) groups is 1. The molecule has 0 unspecified atom stereocenters. The predicted molar refractivity (Wildman–Crippen MR) is 128 cm³/mol. The number of benzene rings is 3. The average molecular weight is 427 g/mol. The topological polar surface area (TPSA) is 78.1 Å². The summed E-state index contributed by atoms with van der Waals surface area (Å²) in [5.41, 5.74) is 3.56. The molecule has 0 aliphatic rings. The highest BCUT2D eigenvalue weighted by molar-refractivity contribution is 5.93. The zero-order valence-electron chi connectivity index (χ0n) is 18.0. The number of nitrogens with one attached hydrogen (secondary N) is 2. The summed E-state index contributed by atoms with van der Waals surface area (Å²) in [4.78, 5) is 34.5. The molecule has 4 aromatic rings. The number of carbonyl (C=O) groups excluding carboxylic acids is 1. The van der Waals surface area contributed by atoms with Gasteiger partial charge in [0.15, 0.2) is 0 Å². The summed E-state index contributed by atoms with van der Waals surface area (Å²) in [5, 5.41) is 3.61. The van der Waals surface area contributed by atoms with Gasteiger partial charge in [0, 0.05) is 5.69 Å². The molecule has 0 atom stereocenters. The first-order valence-corrected chi connectivity index (χ1v) is 10.7. The van der Waals surface area contributed by atoms with Gasteiger partial charge in [0.25, 0.3) is 5.56 Å². The van der Waals surface area contributed by atoms with Gasteiger partial charge in [-0.3, -0.25) is 14.5 Å². The van der Waals surface area contributed by atoms with Crippen LogP contribution in [0.5, 0.6) is 0 Å². The summed E-state index contributed by atoms with van der Waals surface area (Å²) in [6, 6.07) is 25.3. The van der Waals surface area contributed by atoms with Gasteiger partial charge in [-0.25, -0.2) is 4.98 Å². The van der Waals surface area contributed by atoms with E-state index in [9.17, 15) is 9.59 Å². The van der Waals surface area contributed by atoms with E-state index in [1.165, 1.54) is 5.56 Å². The van der Waals surface area contributed by atoms with Crippen molar-refractivity contribution in [1.82, 2.24) is 14.9 Å². The van der Waals surface area contributed by atoms with Gasteiger partial charge in [-0.05, 0) is 42.3 Å². The van der Waals surface area contributed by atoms with Gasteiger partial charge in [-0.1, -0.05) is 67.6 Å². The summed E-state index contributed by atoms with van der Waals surface area (Å²) in [5.74, 6) is 0.448. The molecule has 0 aliphatic heterocycles. The second-order valence-corrected chi connectivity index (χ2v) is 7.70. The van der Waals surface area contributed by atoms with Crippen LogP contribution in [0, 0.1) is 0 Å². The highest BCUT2D eigenvalue weighted by atomic mass is 16.2. The maximum Gasteiger partial charge on any atom is 0.258 e. The molecule has 1 heterocycles. The summed E-state index contributed by atoms with van der Waals surface area (Å²) in [6.45, 7) is 3.22. The predicted octanol–water partition coefficient (Wildman–Crippen LogP) is 3.97. The number of aromatic nitrogens is 2. The van der Waals surface area contributed by atoms with E-state index in [0.29, 0.717) is 29.8 Å². The third-order valence-electron chi connectivity index (χ3n) is 5.38. The number of fused-ring (bicyclic) bond motifs is 1. The Morgan fingerprint density at radius 2 is 1.69 bits per heavy atom. The largest absolute Gasteiger partial charge is 0.325 e. The van der Waals surface area contributed by atoms with Crippen molar-refractivity contribution in [2.75, 3.05) is 18.4 Å². The third-order valence-corrected chi connectivity index (χ3v) is 5.38. The molecule has 1 amide bonds. The van der Waals surface area contributed by atoms with Crippen molar-refractivity contribution < 1.29 is 4.79 Å². The van der Waals surface area contributed by atoms with Gasteiger partial charge in [-0.15, -0.1) is 0 Å². The van der Waals surface area contributed by atoms with Gasteiger partial charge in [0.05, 0.1) is 24.0 Å². The van der Waals surface area contributed by atoms with Crippen LogP contribution in [0.2, 0.25) is 0 Å². The van der Waals surface area contributed by atoms with Crippen LogP contribution < -0.4 is 10.9 Å². The van der Waals surface area contributed by atoms with E-state index in [2.05, 4.69) is 27.4 Å². The van der Waals surface area contributed by atoms with Crippen molar-refractivity contribution in [2.24, 2.45) is 0 Å². The Morgan fingerprint density at radius 1 is 0.969 bits per heavy atom. The van der Waals surface area contributed by atoms with Crippen LogP contribution in [-0.4, -0.2) is 33.9 Å². The smallest absolute Gasteiger partial charge is 0.258 e. The van der Waals surface area contributed by atoms with E-state index in [-0.39, 0.29) is 18.0 Å². The molecular weight excluding hydrogens is 400 g/mol. The minimum absolute atomic E-state index is 0.101. The molecular formula is C26H26N4O2. The second kappa shape index (κ2) is 10.0. The number of hydrogen-bond acceptors (Lipinski definition) is 4. The summed E-state index contributed by atoms with van der Waals surface area (Å²) in [7, 11) is 0. The highest BCUT2D eigenvalue weighted by Crippen LogP contribution is 2.19. The van der Waals surface area contributed by atoms with Gasteiger partial charge in [-0.2, -0.15) is 0 Å². The van der Waals surface area contributed by atoms with Crippen molar-refractivity contribution in [3.05, 3.63) is 106 Å². The van der Waals surface area contributed by atoms with Crippen molar-refractivity contribution in [3.63, 3.8) is 0 Å². The quantitative estimate of drug-likeness (QED) is 0.447. The van der Waals surface area contributed by atoms with E-state index in [1.807, 2.05) is 72.5 Å². The summed E-state index contributed by atoms with van der Waals surface area (Å²) < 4.78 is 0. The molecule has 0 aliphatic carbocycles. The van der Waals surface area contributed by atoms with Crippen molar-refractivity contribution in [3.8, 4) is 0 Å². The minimum atomic E-state index is -0.166. The normalized spacial score (nSPS) is 11.1. The first kappa shape index (κ1) is 21.5. The number of rotatable bonds is 8. The first-order valence-electron chi connectivity index (χ1n) is 10.7. The molecule has 4 rings (SSSR count). The Bertz CT molecular complexity index is 1270. The number of likely N-dealkylation sites (N-methyl/N-ethyl adjacent to an activating group) is 1. The number of nitrogens with zero attached hydrogens (tertiary/aromatic N) is 2. The lowest BCUT2D eigenvalue weighted by Gasteiger charge is -2.20. The van der Waals surface area contributed by atoms with Gasteiger partial charge in [0.1, 0.15) is 5.82 Å². The van der Waals surface area contributed by atoms with E-state index in [1.54, 1.807) is 6.07 Å². The van der Waals surface area contributed by atoms with Crippen molar-refractivity contribution in [1.29, 1.82) is 0 Å². The van der Waals surface area contributed by atoms with Crippen LogP contribution in [0.25, 0.3) is 10.9 Å². The van der Waals surface area contributed by atoms with Crippen LogP contribution >= 0.6 is 0 Å². The number of hydrogen-bond donors (Lipinski definition) is 2. The third kappa shape index (κ3) is 5.28. The molecule has 3 aromatic carbocycles. The Labute approximate surface area is 186 Å². The zero-order valence-corrected chi connectivity index (χ0v) is 18.0. The number of para-hydroxylation sites is 2. The molecule has 0 spiro atoms. The molecule has 0 saturated carbocycles. The number of H-pyrrole nitrogens is 1. The fraction of sp³-hybridized carbons (Fsp3) is 0.192. The van der Waals surface area contributed by atoms with Crippen molar-refractivity contribution in [2.45, 2.75) is 19.9 Å². The number of aromatic amines is 1. The fourth-order valence-corrected chi connectivity index (χ4v) is 3.71. The van der Waals surface area contributed by atoms with Gasteiger partial charge >= 0.3 is 0 Å². The Balaban J connectivity index is 1.44. The lowest BCUT2D eigenvalue weighted by molar-refractivity contribution is -0.117. The maximum atomic E-state index is 12.8. The second-order valence-electron chi connectivity index (χ2n) is 7.70. The van der Waals surface area contributed by atoms with Crippen molar-refractivity contribution >= 4 is 22.5 Å². The molecule has 6 nitrogen and oxygen atoms in total. The summed E-state index contributed by atoms with van der Waals surface area (Å²) in [6.07, 6.45) is 0.747. The fourth-order valence-electron chi connectivity index (χ4n) is 3.71. The Kier molecular flexibility index (Phi) is 6.72. The first-order chi connectivity index (χ1) is 15.6. The molecule has 0 bridgehead atoms. The molecule has 0 fully saturated rings. The Morgan fingerprint density at radius 3 is 2.50 bits per heavy atom. The van der Waals surface area contributed by atoms with E-state index in [0.717, 1.165) is 17.7 Å². The van der Waals surface area contributed by atoms with Crippen LogP contribution in [0.15, 0.2) is 83.7 Å². The number of anilines is 1. The highest BCUT2D eigenvalue weighted by Gasteiger charge is 2.14. The summed E-state index contributed by atoms with van der Waals surface area (Å²) >= 11 is 0. The molecule has 6 heteroatoms. The van der Waals surface area contributed by atoms with Crippen LogP contribution in [0.4, 0.5) is 5.69 Å². The molecule has 1 aromatic heterocycles. The van der Waals surface area contributed by atoms with Crippen LogP contribution in [0.3, 0.4) is 0 Å². The van der Waals surface area contributed by atoms with E-state index in [4.69, 9.17) is 0 Å². The average Bonchev–Trinajstić information content (AvgIpc) is 2.80. The van der Waals surface area contributed by atoms with Crippen LogP contribution in [0.1, 0.15) is 23.9 Å². The molecule has 162 valence electrons. The minimum Gasteiger partial charge on any atom is -0.325 e. The Hall–Kier alpha value is -3.77. The van der Waals surface area contributed by atoms with E-state index >= 15 is 0 Å². The standard InChI is InChI=1S/C26H26N4O2/c1-2-30(17-24-27-23-15-9-7-13-21(23)26(32)29-24)18-25(31)28-22-14-8-6-12-20(22)16-19-10-4-3-5-11-19/h3-15H,2,16-18H2,1H3,(H,28,31)(H,27,29,32). The van der Waals surface area contributed by atoms with Gasteiger partial charge < -0.3 is 10.3 Å². The zero-order chi connectivity index (χ0) is 22.3. The molecule has 0 saturated heterocycles. The molecule has 32 heavy (non-hydrogen) atoms. The maximum absolute atomic E-state index is 12.8. The molecule has 2 N–H and O–H groups in total. The lowest BCUT2D eigenvalue weighted by atomic mass is 10.0. The SMILES string of the molecule is CCN(CC(=O)Nc1ccccc1Cc1ccccc1)Cc1nc2ccccc2c(=O)[nH]1. The number of amides is 1. The molecule has 0 radical (unpaired) electrons. The lowest BCUT2D eigenvalue weighted by Crippen LogP contribution is -2.34. The van der Waals surface area contributed by atoms with E-state index < -0.39 is 0 Å². The van der Waals surface area contributed by atoms with Crippen LogP contribution in [-0.2, 0) is 17.8 Å².